The Labute approximate surface area is 80.7 Å². The molecule has 0 aliphatic heterocycles. The van der Waals surface area contributed by atoms with Crippen LogP contribution in [0.25, 0.3) is 0 Å². The molecule has 0 amide bonds. The Bertz CT molecular complexity index is 98.5. The van der Waals surface area contributed by atoms with Crippen molar-refractivity contribution in [3.8, 4) is 0 Å². The van der Waals surface area contributed by atoms with Crippen molar-refractivity contribution in [1.29, 1.82) is 0 Å². The van der Waals surface area contributed by atoms with E-state index in [0.29, 0.717) is 0 Å². The zero-order chi connectivity index (χ0) is 4.41. The van der Waals surface area contributed by atoms with Crippen molar-refractivity contribution in [3.05, 3.63) is 23.8 Å². The molecular formula is C9H19Pt. The minimum Gasteiger partial charge on any atom is -0.0798 e. The third kappa shape index (κ3) is 8.17. The summed E-state index contributed by atoms with van der Waals surface area (Å²) >= 11 is 0. The van der Waals surface area contributed by atoms with E-state index in [2.05, 4.69) is 25.2 Å². The van der Waals surface area contributed by atoms with E-state index in [1.54, 1.807) is 0 Å². The number of hydrogen-bond donors (Lipinski definition) is 0. The van der Waals surface area contributed by atoms with Gasteiger partial charge in [0.1, 0.15) is 0 Å². The number of allylic oxidation sites excluding steroid dienone is 4. The normalized spacial score (nSPS) is 11.1. The summed E-state index contributed by atoms with van der Waals surface area (Å²) in [5.41, 5.74) is 1.27. The second-order valence-electron chi connectivity index (χ2n) is 1.47. The van der Waals surface area contributed by atoms with Crippen LogP contribution < -0.4 is 0 Å². The van der Waals surface area contributed by atoms with E-state index in [9.17, 15) is 0 Å². The van der Waals surface area contributed by atoms with E-state index in [0.717, 1.165) is 6.42 Å². The Morgan fingerprint density at radius 1 is 1.30 bits per heavy atom. The van der Waals surface area contributed by atoms with Gasteiger partial charge in [0.2, 0.25) is 0 Å². The minimum atomic E-state index is 0. The van der Waals surface area contributed by atoms with Gasteiger partial charge in [0.05, 0.1) is 0 Å². The van der Waals surface area contributed by atoms with Gasteiger partial charge in [-0.25, -0.2) is 0 Å². The maximum absolute atomic E-state index is 3.12. The van der Waals surface area contributed by atoms with Crippen LogP contribution in [0.2, 0.25) is 0 Å². The van der Waals surface area contributed by atoms with Crippen molar-refractivity contribution >= 4 is 0 Å². The molecule has 1 aliphatic carbocycles. The molecule has 0 spiro atoms. The van der Waals surface area contributed by atoms with Gasteiger partial charge in [0.15, 0.2) is 0 Å². The van der Waals surface area contributed by atoms with E-state index in [1.165, 1.54) is 5.57 Å². The van der Waals surface area contributed by atoms with Gasteiger partial charge in [0, 0.05) is 21.1 Å². The van der Waals surface area contributed by atoms with Crippen molar-refractivity contribution in [2.75, 3.05) is 0 Å². The first-order chi connectivity index (χ1) is 2.89. The third-order valence-electron chi connectivity index (χ3n) is 0.867. The molecule has 0 N–H and O–H groups in total. The van der Waals surface area contributed by atoms with Crippen LogP contribution in [0.1, 0.15) is 35.6 Å². The molecule has 1 aliphatic rings. The van der Waals surface area contributed by atoms with Gasteiger partial charge in [-0.05, 0) is 25.0 Å². The molecule has 65 valence electrons. The van der Waals surface area contributed by atoms with Gasteiger partial charge in [-0.3, -0.25) is 0 Å². The van der Waals surface area contributed by atoms with Gasteiger partial charge in [-0.2, -0.15) is 0 Å². The molecule has 0 heterocycles. The minimum absolute atomic E-state index is 0. The van der Waals surface area contributed by atoms with Crippen LogP contribution in [0, 0.1) is 6.08 Å². The molecule has 0 bridgehead atoms. The molecule has 0 fully saturated rings. The van der Waals surface area contributed by atoms with Crippen LogP contribution in [-0.4, -0.2) is 0 Å². The Balaban J connectivity index is -0.0000000450. The molecule has 1 radical (unpaired) electrons. The Kier molecular flexibility index (Phi) is 26.7. The summed E-state index contributed by atoms with van der Waals surface area (Å²) in [6.45, 7) is 2.06. The predicted molar refractivity (Wildman–Crippen MR) is 46.4 cm³/mol. The van der Waals surface area contributed by atoms with E-state index < -0.39 is 0 Å². The summed E-state index contributed by atoms with van der Waals surface area (Å²) in [5.74, 6) is 0. The first kappa shape index (κ1) is 22.5. The molecule has 0 atom stereocenters. The van der Waals surface area contributed by atoms with Gasteiger partial charge >= 0.3 is 0 Å². The second kappa shape index (κ2) is 11.9. The summed E-state index contributed by atoms with van der Waals surface area (Å²) in [4.78, 5) is 0. The SMILES string of the molecule is C.C.C.CC1=[C]CC=C1.[Pt]. The second-order valence-corrected chi connectivity index (χ2v) is 1.47. The molecule has 0 nitrogen and oxygen atoms in total. The first-order valence-corrected chi connectivity index (χ1v) is 2.13. The van der Waals surface area contributed by atoms with Crippen molar-refractivity contribution in [2.45, 2.75) is 35.6 Å². The summed E-state index contributed by atoms with van der Waals surface area (Å²) < 4.78 is 0. The van der Waals surface area contributed by atoms with Gasteiger partial charge < -0.3 is 0 Å². The van der Waals surface area contributed by atoms with Gasteiger partial charge in [-0.1, -0.05) is 34.4 Å². The van der Waals surface area contributed by atoms with Crippen LogP contribution in [-0.2, 0) is 21.1 Å². The Morgan fingerprint density at radius 3 is 1.90 bits per heavy atom. The molecule has 0 saturated heterocycles. The van der Waals surface area contributed by atoms with Gasteiger partial charge in [0.25, 0.3) is 0 Å². The average Bonchev–Trinajstić information content (AvgIpc) is 1.86. The Hall–Kier alpha value is 0.168. The van der Waals surface area contributed by atoms with Gasteiger partial charge in [-0.15, -0.1) is 0 Å². The maximum atomic E-state index is 3.12. The van der Waals surface area contributed by atoms with Crippen LogP contribution in [0.5, 0.6) is 0 Å². The average molecular weight is 322 g/mol. The zero-order valence-corrected chi connectivity index (χ0v) is 6.45. The summed E-state index contributed by atoms with van der Waals surface area (Å²) in [6.07, 6.45) is 8.33. The smallest absolute Gasteiger partial charge is 0 e. The molecule has 0 aromatic heterocycles. The molecule has 10 heavy (non-hydrogen) atoms. The van der Waals surface area contributed by atoms with E-state index in [-0.39, 0.29) is 43.3 Å². The Morgan fingerprint density at radius 2 is 1.80 bits per heavy atom. The maximum Gasteiger partial charge on any atom is 0 e. The monoisotopic (exact) mass is 322 g/mol. The topological polar surface area (TPSA) is 0 Å². The molecule has 1 rings (SSSR count). The predicted octanol–water partition coefficient (Wildman–Crippen LogP) is 3.60. The van der Waals surface area contributed by atoms with E-state index in [1.807, 2.05) is 0 Å². The zero-order valence-electron chi connectivity index (χ0n) is 4.18. The largest absolute Gasteiger partial charge is 0.0798 e. The van der Waals surface area contributed by atoms with Crippen molar-refractivity contribution < 1.29 is 21.1 Å². The summed E-state index contributed by atoms with van der Waals surface area (Å²) in [5, 5.41) is 0. The van der Waals surface area contributed by atoms with Crippen LogP contribution in [0.3, 0.4) is 0 Å². The fourth-order valence-corrected chi connectivity index (χ4v) is 0.515. The first-order valence-electron chi connectivity index (χ1n) is 2.13. The standard InChI is InChI=1S/C6H7.3CH4.Pt/c1-6-4-2-3-5-6;;;;/h2,4H,3H2,1H3;3*1H4;. The molecule has 1 heteroatoms. The fraction of sp³-hybridized carbons (Fsp3) is 0.556. The third-order valence-corrected chi connectivity index (χ3v) is 0.867. The van der Waals surface area contributed by atoms with Crippen LogP contribution in [0.15, 0.2) is 17.7 Å². The van der Waals surface area contributed by atoms with Crippen molar-refractivity contribution in [2.24, 2.45) is 0 Å². The number of rotatable bonds is 0. The number of hydrogen-bond acceptors (Lipinski definition) is 0. The van der Waals surface area contributed by atoms with Crippen molar-refractivity contribution in [3.63, 3.8) is 0 Å². The molecular weight excluding hydrogens is 303 g/mol. The van der Waals surface area contributed by atoms with Crippen LogP contribution >= 0.6 is 0 Å². The van der Waals surface area contributed by atoms with Crippen molar-refractivity contribution in [1.82, 2.24) is 0 Å². The summed E-state index contributed by atoms with van der Waals surface area (Å²) in [7, 11) is 0. The molecule has 0 aromatic carbocycles. The van der Waals surface area contributed by atoms with E-state index in [4.69, 9.17) is 0 Å². The quantitative estimate of drug-likeness (QED) is 0.639. The fourth-order valence-electron chi connectivity index (χ4n) is 0.515. The molecule has 0 aromatic rings. The van der Waals surface area contributed by atoms with Crippen LogP contribution in [0.4, 0.5) is 0 Å². The molecule has 0 unspecified atom stereocenters. The van der Waals surface area contributed by atoms with E-state index >= 15 is 0 Å². The summed E-state index contributed by atoms with van der Waals surface area (Å²) in [6, 6.07) is 0. The molecule has 0 saturated carbocycles.